The van der Waals surface area contributed by atoms with Crippen LogP contribution in [0, 0.1) is 0 Å². The fourth-order valence-corrected chi connectivity index (χ4v) is 3.22. The van der Waals surface area contributed by atoms with E-state index >= 15 is 0 Å². The molecule has 0 atom stereocenters. The largest absolute Gasteiger partial charge is 0.293 e. The van der Waals surface area contributed by atoms with Crippen LogP contribution in [-0.2, 0) is 9.59 Å². The lowest BCUT2D eigenvalue weighted by atomic mass is 10.1. The van der Waals surface area contributed by atoms with Crippen LogP contribution in [0.15, 0.2) is 35.2 Å². The highest BCUT2D eigenvalue weighted by Crippen LogP contribution is 2.32. The predicted octanol–water partition coefficient (Wildman–Crippen LogP) is 3.18. The number of nitrogens with zero attached hydrogens (tertiary/aromatic N) is 1. The van der Waals surface area contributed by atoms with Gasteiger partial charge in [0.15, 0.2) is 0 Å². The number of imide groups is 1. The molecule has 1 saturated heterocycles. The summed E-state index contributed by atoms with van der Waals surface area (Å²) in [5.41, 5.74) is 2.49. The molecule has 1 fully saturated rings. The molecule has 24 heavy (non-hydrogen) atoms. The molecular formula is C17H20N2O4S. The van der Waals surface area contributed by atoms with Crippen molar-refractivity contribution in [2.75, 3.05) is 6.54 Å². The molecule has 1 heterocycles. The molecule has 1 aliphatic rings. The van der Waals surface area contributed by atoms with Gasteiger partial charge in [-0.25, -0.2) is 5.48 Å². The number of hydrogen-bond donors (Lipinski definition) is 2. The second kappa shape index (κ2) is 9.24. The summed E-state index contributed by atoms with van der Waals surface area (Å²) in [7, 11) is 0. The minimum Gasteiger partial charge on any atom is -0.289 e. The maximum absolute atomic E-state index is 12.3. The Labute approximate surface area is 144 Å². The Bertz CT molecular complexity index is 631. The van der Waals surface area contributed by atoms with Crippen molar-refractivity contribution >= 4 is 34.9 Å². The van der Waals surface area contributed by atoms with E-state index < -0.39 is 5.91 Å². The molecule has 0 unspecified atom stereocenters. The highest BCUT2D eigenvalue weighted by molar-refractivity contribution is 8.18. The van der Waals surface area contributed by atoms with Gasteiger partial charge in [-0.05, 0) is 36.2 Å². The summed E-state index contributed by atoms with van der Waals surface area (Å²) in [6.45, 7) is 0.392. The molecule has 2 rings (SSSR count). The van der Waals surface area contributed by atoms with Crippen molar-refractivity contribution in [3.05, 3.63) is 40.8 Å². The van der Waals surface area contributed by atoms with E-state index in [0.717, 1.165) is 30.2 Å². The lowest BCUT2D eigenvalue weighted by Gasteiger charge is -2.11. The topological polar surface area (TPSA) is 86.7 Å². The quantitative estimate of drug-likeness (QED) is 0.326. The van der Waals surface area contributed by atoms with Crippen LogP contribution in [0.1, 0.15) is 37.7 Å². The first-order chi connectivity index (χ1) is 11.6. The average Bonchev–Trinajstić information content (AvgIpc) is 2.85. The lowest BCUT2D eigenvalue weighted by molar-refractivity contribution is -0.129. The molecule has 6 nitrogen and oxygen atoms in total. The lowest BCUT2D eigenvalue weighted by Crippen LogP contribution is -2.29. The SMILES string of the molecule is O=C(CCCCCCN1C(=O)S/C(=C\c2ccccc2)C1=O)NO. The van der Waals surface area contributed by atoms with Crippen LogP contribution in [0.2, 0.25) is 0 Å². The normalized spacial score (nSPS) is 16.0. The third-order valence-electron chi connectivity index (χ3n) is 3.63. The van der Waals surface area contributed by atoms with Gasteiger partial charge in [0.1, 0.15) is 0 Å². The molecule has 1 aromatic rings. The van der Waals surface area contributed by atoms with Crippen LogP contribution in [0.25, 0.3) is 6.08 Å². The zero-order valence-corrected chi connectivity index (χ0v) is 14.1. The fourth-order valence-electron chi connectivity index (χ4n) is 2.36. The molecule has 3 amide bonds. The number of hydrogen-bond acceptors (Lipinski definition) is 5. The minimum atomic E-state index is -0.396. The molecule has 1 aliphatic heterocycles. The monoisotopic (exact) mass is 348 g/mol. The van der Waals surface area contributed by atoms with Crippen LogP contribution in [0.4, 0.5) is 4.79 Å². The first-order valence-electron chi connectivity index (χ1n) is 7.85. The summed E-state index contributed by atoms with van der Waals surface area (Å²) in [6, 6.07) is 9.43. The van der Waals surface area contributed by atoms with Crippen LogP contribution < -0.4 is 5.48 Å². The summed E-state index contributed by atoms with van der Waals surface area (Å²) in [5, 5.41) is 8.15. The van der Waals surface area contributed by atoms with Gasteiger partial charge in [0, 0.05) is 13.0 Å². The van der Waals surface area contributed by atoms with Crippen LogP contribution in [-0.4, -0.2) is 33.7 Å². The highest BCUT2D eigenvalue weighted by Gasteiger charge is 2.34. The molecule has 0 spiro atoms. The van der Waals surface area contributed by atoms with E-state index in [9.17, 15) is 14.4 Å². The molecule has 0 aliphatic carbocycles. The number of nitrogens with one attached hydrogen (secondary N) is 1. The summed E-state index contributed by atoms with van der Waals surface area (Å²) < 4.78 is 0. The zero-order valence-electron chi connectivity index (χ0n) is 13.2. The van der Waals surface area contributed by atoms with Crippen LogP contribution in [0.5, 0.6) is 0 Å². The van der Waals surface area contributed by atoms with Gasteiger partial charge in [-0.15, -0.1) is 0 Å². The molecule has 0 radical (unpaired) electrons. The third kappa shape index (κ3) is 5.21. The third-order valence-corrected chi connectivity index (χ3v) is 4.54. The van der Waals surface area contributed by atoms with Crippen molar-refractivity contribution in [1.29, 1.82) is 0 Å². The van der Waals surface area contributed by atoms with Crippen molar-refractivity contribution in [3.63, 3.8) is 0 Å². The first-order valence-corrected chi connectivity index (χ1v) is 8.67. The van der Waals surface area contributed by atoms with Crippen LogP contribution >= 0.6 is 11.8 Å². The summed E-state index contributed by atoms with van der Waals surface area (Å²) >= 11 is 0.970. The zero-order chi connectivity index (χ0) is 17.4. The Balaban J connectivity index is 1.78. The number of carbonyl (C=O) groups excluding carboxylic acids is 3. The van der Waals surface area contributed by atoms with Crippen LogP contribution in [0.3, 0.4) is 0 Å². The van der Waals surface area contributed by atoms with Gasteiger partial charge < -0.3 is 0 Å². The van der Waals surface area contributed by atoms with Crippen molar-refractivity contribution in [2.24, 2.45) is 0 Å². The van der Waals surface area contributed by atoms with Crippen molar-refractivity contribution in [2.45, 2.75) is 32.1 Å². The number of carbonyl (C=O) groups is 3. The highest BCUT2D eigenvalue weighted by atomic mass is 32.2. The van der Waals surface area contributed by atoms with Crippen molar-refractivity contribution in [3.8, 4) is 0 Å². The van der Waals surface area contributed by atoms with E-state index in [2.05, 4.69) is 0 Å². The average molecular weight is 348 g/mol. The molecule has 2 N–H and O–H groups in total. The smallest absolute Gasteiger partial charge is 0.289 e. The number of rotatable bonds is 8. The maximum Gasteiger partial charge on any atom is 0.293 e. The second-order valence-electron chi connectivity index (χ2n) is 5.44. The van der Waals surface area contributed by atoms with Gasteiger partial charge in [-0.2, -0.15) is 0 Å². The first kappa shape index (κ1) is 18.2. The minimum absolute atomic E-state index is 0.234. The summed E-state index contributed by atoms with van der Waals surface area (Å²) in [6.07, 6.45) is 5.01. The maximum atomic E-state index is 12.3. The molecule has 7 heteroatoms. The van der Waals surface area contributed by atoms with E-state index in [4.69, 9.17) is 5.21 Å². The molecule has 0 aromatic heterocycles. The Morgan fingerprint density at radius 3 is 2.54 bits per heavy atom. The van der Waals surface area contributed by atoms with Gasteiger partial charge in [0.05, 0.1) is 4.91 Å². The molecule has 1 aromatic carbocycles. The second-order valence-corrected chi connectivity index (χ2v) is 6.44. The van der Waals surface area contributed by atoms with Crippen molar-refractivity contribution in [1.82, 2.24) is 10.4 Å². The van der Waals surface area contributed by atoms with Gasteiger partial charge in [0.2, 0.25) is 5.91 Å². The van der Waals surface area contributed by atoms with E-state index in [-0.39, 0.29) is 17.6 Å². The van der Waals surface area contributed by atoms with Gasteiger partial charge in [-0.1, -0.05) is 43.2 Å². The van der Waals surface area contributed by atoms with E-state index in [0.29, 0.717) is 24.3 Å². The number of hydroxylamine groups is 1. The number of benzene rings is 1. The van der Waals surface area contributed by atoms with Crippen molar-refractivity contribution < 1.29 is 19.6 Å². The number of unbranched alkanes of at least 4 members (excludes halogenated alkanes) is 3. The Morgan fingerprint density at radius 1 is 1.12 bits per heavy atom. The summed E-state index contributed by atoms with van der Waals surface area (Å²) in [5.74, 6) is -0.638. The molecule has 128 valence electrons. The standard InChI is InChI=1S/C17H20N2O4S/c20-15(18-23)10-6-1-2-7-11-19-16(21)14(24-17(19)22)12-13-8-4-3-5-9-13/h3-5,8-9,12,23H,1-2,6-7,10-11H2,(H,18,20)/b14-12-. The van der Waals surface area contributed by atoms with Gasteiger partial charge >= 0.3 is 0 Å². The number of thioether (sulfide) groups is 1. The molecular weight excluding hydrogens is 328 g/mol. The molecule has 0 bridgehead atoms. The Kier molecular flexibility index (Phi) is 7.02. The fraction of sp³-hybridized carbons (Fsp3) is 0.353. The van der Waals surface area contributed by atoms with E-state index in [1.807, 2.05) is 30.3 Å². The van der Waals surface area contributed by atoms with E-state index in [1.165, 1.54) is 4.90 Å². The van der Waals surface area contributed by atoms with Gasteiger partial charge in [-0.3, -0.25) is 24.5 Å². The molecule has 0 saturated carbocycles. The Hall–Kier alpha value is -2.12. The number of amides is 3. The van der Waals surface area contributed by atoms with Gasteiger partial charge in [0.25, 0.3) is 11.1 Å². The Morgan fingerprint density at radius 2 is 1.83 bits per heavy atom. The summed E-state index contributed by atoms with van der Waals surface area (Å²) in [4.78, 5) is 36.9. The predicted molar refractivity (Wildman–Crippen MR) is 92.1 cm³/mol. The van der Waals surface area contributed by atoms with E-state index in [1.54, 1.807) is 11.6 Å².